The molecule has 1 aromatic carbocycles. The first-order chi connectivity index (χ1) is 8.74. The summed E-state index contributed by atoms with van der Waals surface area (Å²) in [4.78, 5) is 24.8. The number of cyclic esters (lactones) is 1. The predicted molar refractivity (Wildman–Crippen MR) is 66.8 cm³/mol. The van der Waals surface area contributed by atoms with Gasteiger partial charge in [-0.15, -0.1) is 6.58 Å². The number of carbonyl (C=O) groups excluding carboxylic acids is 2. The fraction of sp³-hybridized carbons (Fsp3) is 0.286. The zero-order valence-corrected chi connectivity index (χ0v) is 10.0. The van der Waals surface area contributed by atoms with Gasteiger partial charge in [-0.05, 0) is 12.0 Å². The van der Waals surface area contributed by atoms with E-state index >= 15 is 0 Å². The van der Waals surface area contributed by atoms with Crippen LogP contribution in [0, 0.1) is 0 Å². The van der Waals surface area contributed by atoms with E-state index in [4.69, 9.17) is 4.74 Å². The van der Waals surface area contributed by atoms with Gasteiger partial charge in [-0.25, -0.2) is 9.69 Å². The predicted octanol–water partition coefficient (Wildman–Crippen LogP) is 2.67. The van der Waals surface area contributed by atoms with Crippen LogP contribution >= 0.6 is 0 Å². The third kappa shape index (κ3) is 2.42. The van der Waals surface area contributed by atoms with Crippen molar-refractivity contribution in [2.45, 2.75) is 18.9 Å². The molecule has 0 unspecified atom stereocenters. The molecule has 4 heteroatoms. The third-order valence-electron chi connectivity index (χ3n) is 2.89. The van der Waals surface area contributed by atoms with Gasteiger partial charge in [0.1, 0.15) is 12.6 Å². The zero-order valence-electron chi connectivity index (χ0n) is 10.0. The van der Waals surface area contributed by atoms with Crippen molar-refractivity contribution in [1.29, 1.82) is 0 Å². The van der Waals surface area contributed by atoms with Gasteiger partial charge in [-0.2, -0.15) is 0 Å². The average Bonchev–Trinajstić information content (AvgIpc) is 2.79. The summed E-state index contributed by atoms with van der Waals surface area (Å²) in [6, 6.07) is 9.12. The first-order valence-electron chi connectivity index (χ1n) is 5.88. The van der Waals surface area contributed by atoms with Crippen molar-refractivity contribution < 1.29 is 14.3 Å². The molecule has 1 aromatic rings. The third-order valence-corrected chi connectivity index (χ3v) is 2.89. The summed E-state index contributed by atoms with van der Waals surface area (Å²) in [6.07, 6.45) is 1.95. The lowest BCUT2D eigenvalue weighted by Crippen LogP contribution is -2.33. The van der Waals surface area contributed by atoms with E-state index in [2.05, 4.69) is 6.58 Å². The Morgan fingerprint density at radius 2 is 2.17 bits per heavy atom. The summed E-state index contributed by atoms with van der Waals surface area (Å²) in [7, 11) is 0. The Morgan fingerprint density at radius 3 is 2.83 bits per heavy atom. The molecular weight excluding hydrogens is 230 g/mol. The number of amides is 2. The van der Waals surface area contributed by atoms with Gasteiger partial charge in [0.2, 0.25) is 5.91 Å². The maximum absolute atomic E-state index is 12.0. The largest absolute Gasteiger partial charge is 0.446 e. The number of benzene rings is 1. The van der Waals surface area contributed by atoms with Crippen LogP contribution in [0.2, 0.25) is 0 Å². The molecule has 0 saturated carbocycles. The molecule has 1 aliphatic heterocycles. The van der Waals surface area contributed by atoms with Crippen molar-refractivity contribution in [1.82, 2.24) is 4.90 Å². The molecule has 4 nitrogen and oxygen atoms in total. The first kappa shape index (κ1) is 12.4. The molecule has 0 spiro atoms. The lowest BCUT2D eigenvalue weighted by molar-refractivity contribution is -0.129. The lowest BCUT2D eigenvalue weighted by Gasteiger charge is -2.19. The van der Waals surface area contributed by atoms with Crippen LogP contribution in [0.4, 0.5) is 4.79 Å². The van der Waals surface area contributed by atoms with Gasteiger partial charge in [0.25, 0.3) is 0 Å². The molecule has 1 aliphatic rings. The molecule has 1 heterocycles. The Bertz CT molecular complexity index is 455. The van der Waals surface area contributed by atoms with Crippen LogP contribution in [-0.4, -0.2) is 23.5 Å². The first-order valence-corrected chi connectivity index (χ1v) is 5.88. The highest BCUT2D eigenvalue weighted by atomic mass is 16.6. The SMILES string of the molecule is C=CCCC(=O)N1C(=O)OC[C@H]1c1ccccc1. The van der Waals surface area contributed by atoms with Gasteiger partial charge in [-0.1, -0.05) is 36.4 Å². The molecule has 1 atom stereocenters. The van der Waals surface area contributed by atoms with Crippen LogP contribution in [0.25, 0.3) is 0 Å². The van der Waals surface area contributed by atoms with Crippen molar-refractivity contribution in [2.75, 3.05) is 6.61 Å². The molecule has 2 rings (SSSR count). The summed E-state index contributed by atoms with van der Waals surface area (Å²) in [5.41, 5.74) is 0.912. The Kier molecular flexibility index (Phi) is 3.77. The smallest absolute Gasteiger partial charge is 0.417 e. The normalized spacial score (nSPS) is 18.6. The number of nitrogens with zero attached hydrogens (tertiary/aromatic N) is 1. The van der Waals surface area contributed by atoms with Crippen molar-refractivity contribution in [3.8, 4) is 0 Å². The molecule has 1 fully saturated rings. The zero-order chi connectivity index (χ0) is 13.0. The number of imide groups is 1. The van der Waals surface area contributed by atoms with E-state index in [0.29, 0.717) is 6.42 Å². The second kappa shape index (κ2) is 5.49. The lowest BCUT2D eigenvalue weighted by atomic mass is 10.1. The van der Waals surface area contributed by atoms with Crippen molar-refractivity contribution in [2.24, 2.45) is 0 Å². The van der Waals surface area contributed by atoms with Crippen molar-refractivity contribution in [3.05, 3.63) is 48.6 Å². The van der Waals surface area contributed by atoms with Crippen LogP contribution in [0.15, 0.2) is 43.0 Å². The van der Waals surface area contributed by atoms with E-state index in [-0.39, 0.29) is 25.0 Å². The fourth-order valence-corrected chi connectivity index (χ4v) is 1.96. The Balaban J connectivity index is 2.17. The molecule has 0 bridgehead atoms. The molecule has 0 aromatic heterocycles. The van der Waals surface area contributed by atoms with E-state index in [1.54, 1.807) is 6.08 Å². The Labute approximate surface area is 106 Å². The molecule has 94 valence electrons. The standard InChI is InChI=1S/C14H15NO3/c1-2-3-9-13(16)15-12(10-18-14(15)17)11-7-5-4-6-8-11/h2,4-8,12H,1,3,9-10H2/t12-/m0/s1. The molecule has 2 amide bonds. The van der Waals surface area contributed by atoms with Crippen LogP contribution in [0.3, 0.4) is 0 Å². The summed E-state index contributed by atoms with van der Waals surface area (Å²) in [6.45, 7) is 3.79. The van der Waals surface area contributed by atoms with Crippen LogP contribution in [0.1, 0.15) is 24.4 Å². The second-order valence-electron chi connectivity index (χ2n) is 4.09. The average molecular weight is 245 g/mol. The van der Waals surface area contributed by atoms with Crippen molar-refractivity contribution in [3.63, 3.8) is 0 Å². The topological polar surface area (TPSA) is 46.6 Å². The van der Waals surface area contributed by atoms with Gasteiger partial charge >= 0.3 is 6.09 Å². The number of carbonyl (C=O) groups is 2. The highest BCUT2D eigenvalue weighted by Gasteiger charge is 2.38. The summed E-state index contributed by atoms with van der Waals surface area (Å²) < 4.78 is 4.97. The quantitative estimate of drug-likeness (QED) is 0.766. The minimum absolute atomic E-state index is 0.216. The number of hydrogen-bond donors (Lipinski definition) is 0. The van der Waals surface area contributed by atoms with Crippen LogP contribution in [0.5, 0.6) is 0 Å². The van der Waals surface area contributed by atoms with Gasteiger partial charge in [-0.3, -0.25) is 4.79 Å². The van der Waals surface area contributed by atoms with E-state index in [0.717, 1.165) is 5.56 Å². The molecule has 1 saturated heterocycles. The maximum Gasteiger partial charge on any atom is 0.417 e. The minimum Gasteiger partial charge on any atom is -0.446 e. The molecule has 0 N–H and O–H groups in total. The molecule has 0 aliphatic carbocycles. The van der Waals surface area contributed by atoms with E-state index in [9.17, 15) is 9.59 Å². The minimum atomic E-state index is -0.557. The number of hydrogen-bond acceptors (Lipinski definition) is 3. The molecule has 0 radical (unpaired) electrons. The van der Waals surface area contributed by atoms with Crippen LogP contribution in [-0.2, 0) is 9.53 Å². The highest BCUT2D eigenvalue weighted by Crippen LogP contribution is 2.28. The second-order valence-corrected chi connectivity index (χ2v) is 4.09. The Hall–Kier alpha value is -2.10. The Morgan fingerprint density at radius 1 is 1.44 bits per heavy atom. The van der Waals surface area contributed by atoms with E-state index in [1.807, 2.05) is 30.3 Å². The molecule has 18 heavy (non-hydrogen) atoms. The van der Waals surface area contributed by atoms with Gasteiger partial charge in [0, 0.05) is 6.42 Å². The van der Waals surface area contributed by atoms with E-state index in [1.165, 1.54) is 4.90 Å². The number of rotatable bonds is 4. The van der Waals surface area contributed by atoms with Gasteiger partial charge < -0.3 is 4.74 Å². The summed E-state index contributed by atoms with van der Waals surface area (Å²) in [5.74, 6) is -0.216. The summed E-state index contributed by atoms with van der Waals surface area (Å²) >= 11 is 0. The number of allylic oxidation sites excluding steroid dienone is 1. The monoisotopic (exact) mass is 245 g/mol. The van der Waals surface area contributed by atoms with Gasteiger partial charge in [0.05, 0.1) is 0 Å². The summed E-state index contributed by atoms with van der Waals surface area (Å²) in [5, 5.41) is 0. The number of ether oxygens (including phenoxy) is 1. The van der Waals surface area contributed by atoms with Crippen molar-refractivity contribution >= 4 is 12.0 Å². The van der Waals surface area contributed by atoms with Crippen LogP contribution < -0.4 is 0 Å². The van der Waals surface area contributed by atoms with Gasteiger partial charge in [0.15, 0.2) is 0 Å². The maximum atomic E-state index is 12.0. The van der Waals surface area contributed by atoms with E-state index < -0.39 is 6.09 Å². The fourth-order valence-electron chi connectivity index (χ4n) is 1.96. The molecular formula is C14H15NO3. The highest BCUT2D eigenvalue weighted by molar-refractivity contribution is 5.93.